The van der Waals surface area contributed by atoms with Crippen LogP contribution in [0.1, 0.15) is 55.3 Å². The SMILES string of the molecule is CC(C(=O)N1CCOCCOCCN(C(=O)C(C)N2C(=O)c3ccccc3C2=O)CCOCCOCC1)N1C(=O)c2ccccc2C1=O. The largest absolute Gasteiger partial charge is 0.377 e. The molecule has 256 valence electrons. The number of carbonyl (C=O) groups is 6. The fourth-order valence-electron chi connectivity index (χ4n) is 5.88. The highest BCUT2D eigenvalue weighted by molar-refractivity contribution is 6.23. The van der Waals surface area contributed by atoms with Gasteiger partial charge in [0.05, 0.1) is 75.1 Å². The van der Waals surface area contributed by atoms with Crippen LogP contribution < -0.4 is 0 Å². The van der Waals surface area contributed by atoms with Crippen molar-refractivity contribution in [1.29, 1.82) is 0 Å². The lowest BCUT2D eigenvalue weighted by molar-refractivity contribution is -0.138. The van der Waals surface area contributed by atoms with E-state index < -0.39 is 47.5 Å². The molecule has 3 aliphatic heterocycles. The van der Waals surface area contributed by atoms with E-state index in [0.29, 0.717) is 0 Å². The summed E-state index contributed by atoms with van der Waals surface area (Å²) >= 11 is 0. The molecule has 0 radical (unpaired) electrons. The second-order valence-electron chi connectivity index (χ2n) is 11.5. The van der Waals surface area contributed by atoms with Crippen LogP contribution in [0.25, 0.3) is 0 Å². The topological polar surface area (TPSA) is 152 Å². The minimum absolute atomic E-state index is 0.176. The van der Waals surface area contributed by atoms with Gasteiger partial charge in [-0.3, -0.25) is 38.6 Å². The smallest absolute Gasteiger partial charge is 0.262 e. The van der Waals surface area contributed by atoms with Gasteiger partial charge in [0.15, 0.2) is 0 Å². The van der Waals surface area contributed by atoms with Crippen LogP contribution in [0, 0.1) is 0 Å². The quantitative estimate of drug-likeness (QED) is 0.435. The Bertz CT molecular complexity index is 1340. The Morgan fingerprint density at radius 2 is 0.729 bits per heavy atom. The molecule has 48 heavy (non-hydrogen) atoms. The number of ether oxygens (including phenoxy) is 4. The number of imide groups is 2. The van der Waals surface area contributed by atoms with Crippen molar-refractivity contribution in [3.8, 4) is 0 Å². The molecule has 0 N–H and O–H groups in total. The van der Waals surface area contributed by atoms with Crippen molar-refractivity contribution in [3.05, 3.63) is 70.8 Å². The van der Waals surface area contributed by atoms with Gasteiger partial charge in [0.2, 0.25) is 11.8 Å². The fraction of sp³-hybridized carbons (Fsp3) is 0.471. The summed E-state index contributed by atoms with van der Waals surface area (Å²) in [6, 6.07) is 10.9. The van der Waals surface area contributed by atoms with Gasteiger partial charge >= 0.3 is 0 Å². The van der Waals surface area contributed by atoms with Crippen LogP contribution in [0.15, 0.2) is 48.5 Å². The van der Waals surface area contributed by atoms with E-state index in [0.717, 1.165) is 9.80 Å². The Morgan fingerprint density at radius 3 is 0.979 bits per heavy atom. The van der Waals surface area contributed by atoms with Crippen LogP contribution in [0.3, 0.4) is 0 Å². The number of carbonyl (C=O) groups excluding carboxylic acids is 6. The maximum atomic E-state index is 13.5. The molecule has 0 bridgehead atoms. The molecule has 6 amide bonds. The zero-order valence-electron chi connectivity index (χ0n) is 27.1. The molecule has 3 aliphatic rings. The van der Waals surface area contributed by atoms with Gasteiger partial charge < -0.3 is 28.7 Å². The summed E-state index contributed by atoms with van der Waals surface area (Å²) < 4.78 is 22.8. The Balaban J connectivity index is 1.14. The molecule has 3 heterocycles. The highest BCUT2D eigenvalue weighted by atomic mass is 16.5. The van der Waals surface area contributed by atoms with Gasteiger partial charge in [0.1, 0.15) is 12.1 Å². The number of hydrogen-bond acceptors (Lipinski definition) is 10. The van der Waals surface area contributed by atoms with E-state index in [1.807, 2.05) is 0 Å². The van der Waals surface area contributed by atoms with Crippen molar-refractivity contribution in [1.82, 2.24) is 19.6 Å². The third-order valence-electron chi connectivity index (χ3n) is 8.53. The van der Waals surface area contributed by atoms with Crippen LogP contribution in [0.2, 0.25) is 0 Å². The molecule has 0 aromatic heterocycles. The molecule has 1 saturated heterocycles. The Kier molecular flexibility index (Phi) is 11.7. The van der Waals surface area contributed by atoms with Gasteiger partial charge in [0.25, 0.3) is 23.6 Å². The van der Waals surface area contributed by atoms with Crippen molar-refractivity contribution in [2.75, 3.05) is 79.0 Å². The summed E-state index contributed by atoms with van der Waals surface area (Å²) in [6.07, 6.45) is 0. The van der Waals surface area contributed by atoms with Crippen LogP contribution in [0.5, 0.6) is 0 Å². The number of fused-ring (bicyclic) bond motifs is 2. The molecule has 0 saturated carbocycles. The molecule has 14 nitrogen and oxygen atoms in total. The van der Waals surface area contributed by atoms with E-state index >= 15 is 0 Å². The van der Waals surface area contributed by atoms with Gasteiger partial charge in [-0.2, -0.15) is 0 Å². The van der Waals surface area contributed by atoms with E-state index in [1.165, 1.54) is 23.6 Å². The van der Waals surface area contributed by atoms with Crippen LogP contribution in [-0.4, -0.2) is 146 Å². The van der Waals surface area contributed by atoms with Crippen molar-refractivity contribution in [2.45, 2.75) is 25.9 Å². The van der Waals surface area contributed by atoms with E-state index in [-0.39, 0.29) is 101 Å². The summed E-state index contributed by atoms with van der Waals surface area (Å²) in [6.45, 7) is 5.44. The molecule has 2 unspecified atom stereocenters. The van der Waals surface area contributed by atoms with Crippen molar-refractivity contribution < 1.29 is 47.7 Å². The average Bonchev–Trinajstić information content (AvgIpc) is 3.50. The molecular formula is C34H40N4O10. The van der Waals surface area contributed by atoms with E-state index in [4.69, 9.17) is 18.9 Å². The minimum atomic E-state index is -1.02. The van der Waals surface area contributed by atoms with E-state index in [9.17, 15) is 28.8 Å². The average molecular weight is 665 g/mol. The number of rotatable bonds is 4. The number of nitrogens with zero attached hydrogens (tertiary/aromatic N) is 4. The van der Waals surface area contributed by atoms with Crippen LogP contribution in [-0.2, 0) is 28.5 Å². The molecule has 1 fully saturated rings. The van der Waals surface area contributed by atoms with Crippen LogP contribution in [0.4, 0.5) is 0 Å². The van der Waals surface area contributed by atoms with Crippen molar-refractivity contribution in [2.24, 2.45) is 0 Å². The molecule has 2 atom stereocenters. The van der Waals surface area contributed by atoms with Gasteiger partial charge in [-0.25, -0.2) is 0 Å². The first kappa shape index (κ1) is 34.8. The normalized spacial score (nSPS) is 20.2. The minimum Gasteiger partial charge on any atom is -0.377 e. The molecule has 2 aromatic rings. The second kappa shape index (κ2) is 16.1. The third-order valence-corrected chi connectivity index (χ3v) is 8.53. The molecule has 5 rings (SSSR count). The highest BCUT2D eigenvalue weighted by Crippen LogP contribution is 2.26. The predicted molar refractivity (Wildman–Crippen MR) is 169 cm³/mol. The Labute approximate surface area is 278 Å². The summed E-state index contributed by atoms with van der Waals surface area (Å²) in [4.78, 5) is 83.8. The zero-order chi connectivity index (χ0) is 34.2. The first-order valence-corrected chi connectivity index (χ1v) is 16.0. The lowest BCUT2D eigenvalue weighted by Gasteiger charge is -2.30. The Morgan fingerprint density at radius 1 is 0.479 bits per heavy atom. The monoisotopic (exact) mass is 664 g/mol. The predicted octanol–water partition coefficient (Wildman–Crippen LogP) is 1.09. The molecule has 2 aromatic carbocycles. The lowest BCUT2D eigenvalue weighted by atomic mass is 10.1. The van der Waals surface area contributed by atoms with Crippen molar-refractivity contribution >= 4 is 35.4 Å². The second-order valence-corrected chi connectivity index (χ2v) is 11.5. The first-order valence-electron chi connectivity index (χ1n) is 16.0. The highest BCUT2D eigenvalue weighted by Gasteiger charge is 2.43. The standard InChI is InChI=1S/C34H40N4O10/c1-23(37-31(41)25-7-3-4-8-26(25)32(37)42)29(39)35-11-15-45-19-21-47-17-13-36(14-18-48-22-20-46-16-12-35)30(40)24(2)38-33(43)27-9-5-6-10-28(27)34(38)44/h3-10,23-24H,11-22H2,1-2H3. The number of benzene rings is 2. The zero-order valence-corrected chi connectivity index (χ0v) is 27.1. The van der Waals surface area contributed by atoms with Crippen molar-refractivity contribution in [3.63, 3.8) is 0 Å². The van der Waals surface area contributed by atoms with Gasteiger partial charge in [0, 0.05) is 26.2 Å². The maximum Gasteiger partial charge on any atom is 0.262 e. The summed E-state index contributed by atoms with van der Waals surface area (Å²) in [5.41, 5.74) is 1.10. The molecule has 14 heteroatoms. The van der Waals surface area contributed by atoms with Gasteiger partial charge in [-0.05, 0) is 38.1 Å². The van der Waals surface area contributed by atoms with Gasteiger partial charge in [-0.1, -0.05) is 24.3 Å². The molecule has 0 spiro atoms. The summed E-state index contributed by atoms with van der Waals surface area (Å²) in [5.74, 6) is -2.82. The summed E-state index contributed by atoms with van der Waals surface area (Å²) in [5, 5.41) is 0. The summed E-state index contributed by atoms with van der Waals surface area (Å²) in [7, 11) is 0. The number of amides is 6. The Hall–Kier alpha value is -4.50. The van der Waals surface area contributed by atoms with Crippen LogP contribution >= 0.6 is 0 Å². The molecular weight excluding hydrogens is 624 g/mol. The molecule has 0 aliphatic carbocycles. The number of hydrogen-bond donors (Lipinski definition) is 0. The first-order chi connectivity index (χ1) is 23.2. The maximum absolute atomic E-state index is 13.5. The van der Waals surface area contributed by atoms with Gasteiger partial charge in [-0.15, -0.1) is 0 Å². The fourth-order valence-corrected chi connectivity index (χ4v) is 5.88. The lowest BCUT2D eigenvalue weighted by Crippen LogP contribution is -2.51. The third kappa shape index (κ3) is 7.46. The van der Waals surface area contributed by atoms with E-state index in [1.54, 1.807) is 48.5 Å². The van der Waals surface area contributed by atoms with E-state index in [2.05, 4.69) is 0 Å².